The van der Waals surface area contributed by atoms with Crippen LogP contribution < -0.4 is 0 Å². The number of hydrogen-bond acceptors (Lipinski definition) is 5. The molecule has 1 fully saturated rings. The maximum absolute atomic E-state index is 4.68. The molecule has 1 atom stereocenters. The number of piperazine rings is 1. The van der Waals surface area contributed by atoms with Gasteiger partial charge in [-0.2, -0.15) is 0 Å². The molecule has 0 bridgehead atoms. The third kappa shape index (κ3) is 3.72. The zero-order valence-corrected chi connectivity index (χ0v) is 14.2. The summed E-state index contributed by atoms with van der Waals surface area (Å²) in [5.74, 6) is 0. The summed E-state index contributed by atoms with van der Waals surface area (Å²) < 4.78 is 0. The lowest BCUT2D eigenvalue weighted by Crippen LogP contribution is -2.46. The molecule has 0 amide bonds. The van der Waals surface area contributed by atoms with Crippen molar-refractivity contribution in [3.8, 4) is 0 Å². The SMILES string of the molecule is CCc1nc(CN2CCN(C(C)c3cccnc3)CC2)cs1. The molecule has 0 spiro atoms. The highest BCUT2D eigenvalue weighted by Gasteiger charge is 2.22. The molecule has 1 aliphatic heterocycles. The molecule has 0 N–H and O–H groups in total. The third-order valence-electron chi connectivity index (χ3n) is 4.41. The predicted molar refractivity (Wildman–Crippen MR) is 91.0 cm³/mol. The molecule has 4 nitrogen and oxygen atoms in total. The molecule has 5 heteroatoms. The van der Waals surface area contributed by atoms with Crippen molar-refractivity contribution in [3.63, 3.8) is 0 Å². The van der Waals surface area contributed by atoms with Crippen LogP contribution in [0.5, 0.6) is 0 Å². The first-order valence-electron chi connectivity index (χ1n) is 8.06. The van der Waals surface area contributed by atoms with Crippen LogP contribution in [0.25, 0.3) is 0 Å². The minimum atomic E-state index is 0.446. The first-order valence-corrected chi connectivity index (χ1v) is 8.94. The van der Waals surface area contributed by atoms with Gasteiger partial charge >= 0.3 is 0 Å². The van der Waals surface area contributed by atoms with Gasteiger partial charge in [-0.15, -0.1) is 11.3 Å². The molecular weight excluding hydrogens is 292 g/mol. The molecule has 1 unspecified atom stereocenters. The molecule has 0 radical (unpaired) electrons. The van der Waals surface area contributed by atoms with Gasteiger partial charge in [-0.05, 0) is 25.0 Å². The Bertz CT molecular complexity index is 575. The molecule has 2 aromatic rings. The molecule has 1 saturated heterocycles. The Balaban J connectivity index is 1.52. The van der Waals surface area contributed by atoms with Gasteiger partial charge in [0.25, 0.3) is 0 Å². The van der Waals surface area contributed by atoms with Crippen LogP contribution in [0.4, 0.5) is 0 Å². The topological polar surface area (TPSA) is 32.3 Å². The van der Waals surface area contributed by atoms with Gasteiger partial charge in [-0.3, -0.25) is 14.8 Å². The summed E-state index contributed by atoms with van der Waals surface area (Å²) in [5.41, 5.74) is 2.54. The molecular formula is C17H24N4S. The second kappa shape index (κ2) is 7.31. The normalized spacial score (nSPS) is 18.5. The fraction of sp³-hybridized carbons (Fsp3) is 0.529. The fourth-order valence-corrected chi connectivity index (χ4v) is 3.69. The van der Waals surface area contributed by atoms with Gasteiger partial charge < -0.3 is 0 Å². The average Bonchev–Trinajstić information content (AvgIpc) is 3.03. The predicted octanol–water partition coefficient (Wildman–Crippen LogP) is 2.98. The van der Waals surface area contributed by atoms with E-state index in [0.717, 1.165) is 39.1 Å². The molecule has 3 rings (SSSR count). The minimum Gasteiger partial charge on any atom is -0.295 e. The summed E-state index contributed by atoms with van der Waals surface area (Å²) in [6, 6.07) is 4.64. The average molecular weight is 316 g/mol. The van der Waals surface area contributed by atoms with Crippen LogP contribution in [0.1, 0.15) is 36.2 Å². The van der Waals surface area contributed by atoms with E-state index in [2.05, 4.69) is 45.1 Å². The third-order valence-corrected chi connectivity index (χ3v) is 5.45. The lowest BCUT2D eigenvalue weighted by molar-refractivity contribution is 0.0970. The second-order valence-corrected chi connectivity index (χ2v) is 6.80. The molecule has 0 aliphatic carbocycles. The van der Waals surface area contributed by atoms with Crippen molar-refractivity contribution in [2.45, 2.75) is 32.9 Å². The Morgan fingerprint density at radius 3 is 2.73 bits per heavy atom. The van der Waals surface area contributed by atoms with Crippen LogP contribution in [0.3, 0.4) is 0 Å². The Morgan fingerprint density at radius 1 is 1.27 bits per heavy atom. The van der Waals surface area contributed by atoms with E-state index in [1.807, 2.05) is 18.5 Å². The highest BCUT2D eigenvalue weighted by atomic mass is 32.1. The van der Waals surface area contributed by atoms with Crippen molar-refractivity contribution in [2.75, 3.05) is 26.2 Å². The lowest BCUT2D eigenvalue weighted by Gasteiger charge is -2.37. The van der Waals surface area contributed by atoms with Gasteiger partial charge in [0, 0.05) is 56.5 Å². The zero-order chi connectivity index (χ0) is 15.4. The van der Waals surface area contributed by atoms with E-state index in [1.54, 1.807) is 11.3 Å². The van der Waals surface area contributed by atoms with Crippen molar-refractivity contribution < 1.29 is 0 Å². The van der Waals surface area contributed by atoms with Crippen molar-refractivity contribution >= 4 is 11.3 Å². The van der Waals surface area contributed by atoms with Gasteiger partial charge in [-0.1, -0.05) is 13.0 Å². The summed E-state index contributed by atoms with van der Waals surface area (Å²) in [6.45, 7) is 9.89. The van der Waals surface area contributed by atoms with Crippen LogP contribution in [-0.2, 0) is 13.0 Å². The fourth-order valence-electron chi connectivity index (χ4n) is 2.96. The number of pyridine rings is 1. The van der Waals surface area contributed by atoms with Crippen LogP contribution in [0.15, 0.2) is 29.9 Å². The summed E-state index contributed by atoms with van der Waals surface area (Å²) in [6.07, 6.45) is 4.87. The van der Waals surface area contributed by atoms with Crippen molar-refractivity contribution in [1.82, 2.24) is 19.8 Å². The molecule has 2 aromatic heterocycles. The summed E-state index contributed by atoms with van der Waals surface area (Å²) >= 11 is 1.79. The van der Waals surface area contributed by atoms with Crippen LogP contribution >= 0.6 is 11.3 Å². The van der Waals surface area contributed by atoms with Crippen molar-refractivity contribution in [2.24, 2.45) is 0 Å². The van der Waals surface area contributed by atoms with Gasteiger partial charge in [-0.25, -0.2) is 4.98 Å². The molecule has 0 aromatic carbocycles. The Labute approximate surface area is 136 Å². The number of aryl methyl sites for hydroxylation is 1. The number of rotatable bonds is 5. The van der Waals surface area contributed by atoms with E-state index in [4.69, 9.17) is 0 Å². The van der Waals surface area contributed by atoms with E-state index in [1.165, 1.54) is 16.3 Å². The molecule has 3 heterocycles. The van der Waals surface area contributed by atoms with Crippen molar-refractivity contribution in [1.29, 1.82) is 0 Å². The van der Waals surface area contributed by atoms with Crippen LogP contribution in [-0.4, -0.2) is 45.9 Å². The van der Waals surface area contributed by atoms with Crippen molar-refractivity contribution in [3.05, 3.63) is 46.2 Å². The van der Waals surface area contributed by atoms with Gasteiger partial charge in [0.05, 0.1) is 10.7 Å². The largest absolute Gasteiger partial charge is 0.295 e. The van der Waals surface area contributed by atoms with Gasteiger partial charge in [0.1, 0.15) is 0 Å². The smallest absolute Gasteiger partial charge is 0.0926 e. The van der Waals surface area contributed by atoms with E-state index in [-0.39, 0.29) is 0 Å². The van der Waals surface area contributed by atoms with Crippen LogP contribution in [0.2, 0.25) is 0 Å². The minimum absolute atomic E-state index is 0.446. The lowest BCUT2D eigenvalue weighted by atomic mass is 10.1. The Morgan fingerprint density at radius 2 is 2.09 bits per heavy atom. The number of aromatic nitrogens is 2. The standard InChI is InChI=1S/C17H24N4S/c1-3-17-19-16(13-22-17)12-20-7-9-21(10-8-20)14(2)15-5-4-6-18-11-15/h4-6,11,13-14H,3,7-10,12H2,1-2H3. The molecule has 22 heavy (non-hydrogen) atoms. The first kappa shape index (κ1) is 15.6. The second-order valence-electron chi connectivity index (χ2n) is 5.86. The number of thiazole rings is 1. The molecule has 118 valence electrons. The Hall–Kier alpha value is -1.30. The first-order chi connectivity index (χ1) is 10.8. The summed E-state index contributed by atoms with van der Waals surface area (Å²) in [7, 11) is 0. The quantitative estimate of drug-likeness (QED) is 0.849. The summed E-state index contributed by atoms with van der Waals surface area (Å²) in [5, 5.41) is 3.46. The van der Waals surface area contributed by atoms with E-state index < -0.39 is 0 Å². The molecule has 1 aliphatic rings. The van der Waals surface area contributed by atoms with E-state index >= 15 is 0 Å². The van der Waals surface area contributed by atoms with E-state index in [9.17, 15) is 0 Å². The monoisotopic (exact) mass is 316 g/mol. The molecule has 0 saturated carbocycles. The van der Waals surface area contributed by atoms with E-state index in [0.29, 0.717) is 6.04 Å². The number of hydrogen-bond donors (Lipinski definition) is 0. The zero-order valence-electron chi connectivity index (χ0n) is 13.4. The summed E-state index contributed by atoms with van der Waals surface area (Å²) in [4.78, 5) is 14.0. The maximum Gasteiger partial charge on any atom is 0.0926 e. The van der Waals surface area contributed by atoms with Gasteiger partial charge in [0.2, 0.25) is 0 Å². The van der Waals surface area contributed by atoms with Crippen LogP contribution in [0, 0.1) is 0 Å². The number of nitrogens with zero attached hydrogens (tertiary/aromatic N) is 4. The highest BCUT2D eigenvalue weighted by Crippen LogP contribution is 2.21. The highest BCUT2D eigenvalue weighted by molar-refractivity contribution is 7.09. The maximum atomic E-state index is 4.68. The van der Waals surface area contributed by atoms with Gasteiger partial charge in [0.15, 0.2) is 0 Å². The Kier molecular flexibility index (Phi) is 5.18.